The molecule has 1 aromatic carbocycles. The van der Waals surface area contributed by atoms with Gasteiger partial charge in [-0.05, 0) is 51.7 Å². The van der Waals surface area contributed by atoms with Crippen molar-refractivity contribution in [3.05, 3.63) is 35.4 Å². The highest BCUT2D eigenvalue weighted by atomic mass is 16.6. The molecule has 172 valence electrons. The number of nitrogens with one attached hydrogen (secondary N) is 1. The average Bonchev–Trinajstić information content (AvgIpc) is 3.35. The number of aliphatic imine (C=N–C) groups is 1. The summed E-state index contributed by atoms with van der Waals surface area (Å²) in [5.74, 6) is 0.986. The van der Waals surface area contributed by atoms with E-state index in [9.17, 15) is 4.79 Å². The van der Waals surface area contributed by atoms with Crippen LogP contribution >= 0.6 is 0 Å². The molecule has 0 radical (unpaired) electrons. The highest BCUT2D eigenvalue weighted by molar-refractivity contribution is 5.80. The van der Waals surface area contributed by atoms with Crippen molar-refractivity contribution in [2.45, 2.75) is 59.2 Å². The van der Waals surface area contributed by atoms with Crippen LogP contribution in [0.25, 0.3) is 0 Å². The van der Waals surface area contributed by atoms with Crippen molar-refractivity contribution in [1.29, 1.82) is 0 Å². The number of ether oxygens (including phenoxy) is 2. The third-order valence-corrected chi connectivity index (χ3v) is 5.82. The van der Waals surface area contributed by atoms with Crippen molar-refractivity contribution < 1.29 is 14.3 Å². The number of amides is 1. The highest BCUT2D eigenvalue weighted by Gasteiger charge is 2.42. The molecular formula is C24H38N4O3. The lowest BCUT2D eigenvalue weighted by Crippen LogP contribution is -2.41. The molecule has 7 nitrogen and oxygen atoms in total. The van der Waals surface area contributed by atoms with Gasteiger partial charge in [-0.15, -0.1) is 0 Å². The summed E-state index contributed by atoms with van der Waals surface area (Å²) in [6, 6.07) is 8.28. The molecule has 0 bridgehead atoms. The van der Waals surface area contributed by atoms with Crippen LogP contribution in [0.15, 0.2) is 29.3 Å². The molecule has 7 heteroatoms. The monoisotopic (exact) mass is 430 g/mol. The van der Waals surface area contributed by atoms with Crippen LogP contribution in [0, 0.1) is 5.41 Å². The highest BCUT2D eigenvalue weighted by Crippen LogP contribution is 2.38. The Labute approximate surface area is 186 Å². The van der Waals surface area contributed by atoms with Crippen molar-refractivity contribution in [1.82, 2.24) is 15.1 Å². The molecule has 2 fully saturated rings. The summed E-state index contributed by atoms with van der Waals surface area (Å²) in [6.07, 6.45) is 2.02. The zero-order chi connectivity index (χ0) is 22.5. The fourth-order valence-corrected chi connectivity index (χ4v) is 4.11. The van der Waals surface area contributed by atoms with E-state index < -0.39 is 5.60 Å². The SMILES string of the molecule is CCNC(=NCc1ccc(CN(C)C(=O)OC(C)(C)C)cc1)N1CCC2(CCOC2)C1. The van der Waals surface area contributed by atoms with Crippen LogP contribution in [0.3, 0.4) is 0 Å². The Morgan fingerprint density at radius 3 is 2.58 bits per heavy atom. The minimum Gasteiger partial charge on any atom is -0.444 e. The van der Waals surface area contributed by atoms with Crippen LogP contribution in [0.2, 0.25) is 0 Å². The topological polar surface area (TPSA) is 66.4 Å². The van der Waals surface area contributed by atoms with Crippen molar-refractivity contribution in [3.63, 3.8) is 0 Å². The van der Waals surface area contributed by atoms with Gasteiger partial charge in [-0.2, -0.15) is 0 Å². The number of carbonyl (C=O) groups excluding carboxylic acids is 1. The summed E-state index contributed by atoms with van der Waals surface area (Å²) < 4.78 is 11.1. The van der Waals surface area contributed by atoms with Gasteiger partial charge in [0.25, 0.3) is 0 Å². The summed E-state index contributed by atoms with van der Waals surface area (Å²) in [4.78, 5) is 21.0. The van der Waals surface area contributed by atoms with Crippen molar-refractivity contribution >= 4 is 12.1 Å². The zero-order valence-corrected chi connectivity index (χ0v) is 19.7. The summed E-state index contributed by atoms with van der Waals surface area (Å²) >= 11 is 0. The van der Waals surface area contributed by atoms with Gasteiger partial charge >= 0.3 is 6.09 Å². The van der Waals surface area contributed by atoms with Gasteiger partial charge in [0.15, 0.2) is 5.96 Å². The Hall–Kier alpha value is -2.28. The maximum absolute atomic E-state index is 12.2. The molecule has 0 aliphatic carbocycles. The predicted molar refractivity (Wildman–Crippen MR) is 123 cm³/mol. The summed E-state index contributed by atoms with van der Waals surface area (Å²) in [6.45, 7) is 13.5. The molecule has 1 atom stereocenters. The number of carbonyl (C=O) groups is 1. The number of guanidine groups is 1. The van der Waals surface area contributed by atoms with Crippen LogP contribution in [0.4, 0.5) is 4.79 Å². The number of hydrogen-bond acceptors (Lipinski definition) is 4. The largest absolute Gasteiger partial charge is 0.444 e. The predicted octanol–water partition coefficient (Wildman–Crippen LogP) is 3.63. The number of likely N-dealkylation sites (tertiary alicyclic amines) is 1. The quantitative estimate of drug-likeness (QED) is 0.571. The molecule has 1 amide bonds. The molecule has 1 spiro atoms. The summed E-state index contributed by atoms with van der Waals surface area (Å²) in [5.41, 5.74) is 2.04. The lowest BCUT2D eigenvalue weighted by Gasteiger charge is -2.25. The van der Waals surface area contributed by atoms with E-state index in [1.165, 1.54) is 6.42 Å². The fourth-order valence-electron chi connectivity index (χ4n) is 4.11. The molecule has 1 aromatic rings. The molecule has 0 aromatic heterocycles. The molecule has 2 heterocycles. The standard InChI is InChI=1S/C24H38N4O3/c1-6-25-21(28-13-11-24(17-28)12-14-30-18-24)26-15-19-7-9-20(10-8-19)16-27(5)22(29)31-23(2,3)4/h7-10H,6,11-18H2,1-5H3,(H,25,26). The number of hydrogen-bond donors (Lipinski definition) is 1. The smallest absolute Gasteiger partial charge is 0.410 e. The minimum absolute atomic E-state index is 0.312. The second-order valence-electron chi connectivity index (χ2n) is 9.80. The zero-order valence-electron chi connectivity index (χ0n) is 19.7. The van der Waals surface area contributed by atoms with Crippen LogP contribution in [-0.2, 0) is 22.6 Å². The van der Waals surface area contributed by atoms with Gasteiger partial charge in [0.1, 0.15) is 5.60 Å². The fraction of sp³-hybridized carbons (Fsp3) is 0.667. The maximum Gasteiger partial charge on any atom is 0.410 e. The van der Waals surface area contributed by atoms with Crippen molar-refractivity contribution in [3.8, 4) is 0 Å². The van der Waals surface area contributed by atoms with E-state index in [1.54, 1.807) is 11.9 Å². The lowest BCUT2D eigenvalue weighted by atomic mass is 9.87. The average molecular weight is 431 g/mol. The Balaban J connectivity index is 1.56. The van der Waals surface area contributed by atoms with E-state index in [1.807, 2.05) is 20.8 Å². The van der Waals surface area contributed by atoms with Gasteiger partial charge in [-0.25, -0.2) is 9.79 Å². The van der Waals surface area contributed by atoms with E-state index >= 15 is 0 Å². The minimum atomic E-state index is -0.489. The van der Waals surface area contributed by atoms with Crippen molar-refractivity contribution in [2.24, 2.45) is 10.4 Å². The van der Waals surface area contributed by atoms with Gasteiger partial charge in [-0.1, -0.05) is 24.3 Å². The Bertz CT molecular complexity index is 764. The molecule has 2 saturated heterocycles. The number of nitrogens with zero attached hydrogens (tertiary/aromatic N) is 3. The molecule has 0 saturated carbocycles. The van der Waals surface area contributed by atoms with Gasteiger partial charge in [0.05, 0.1) is 13.2 Å². The second-order valence-corrected chi connectivity index (χ2v) is 9.80. The lowest BCUT2D eigenvalue weighted by molar-refractivity contribution is 0.0285. The van der Waals surface area contributed by atoms with Crippen molar-refractivity contribution in [2.75, 3.05) is 39.9 Å². The van der Waals surface area contributed by atoms with Crippen LogP contribution in [0.5, 0.6) is 0 Å². The molecular weight excluding hydrogens is 392 g/mol. The van der Waals surface area contributed by atoms with E-state index in [4.69, 9.17) is 14.5 Å². The van der Waals surface area contributed by atoms with Gasteiger partial charge in [-0.3, -0.25) is 0 Å². The number of rotatable bonds is 5. The molecule has 1 unspecified atom stereocenters. The van der Waals surface area contributed by atoms with Crippen LogP contribution in [-0.4, -0.2) is 67.3 Å². The first-order chi connectivity index (χ1) is 14.7. The van der Waals surface area contributed by atoms with Gasteiger partial charge in [0.2, 0.25) is 0 Å². The van der Waals surface area contributed by atoms with E-state index in [-0.39, 0.29) is 6.09 Å². The summed E-state index contributed by atoms with van der Waals surface area (Å²) in [5, 5.41) is 3.45. The third kappa shape index (κ3) is 6.60. The van der Waals surface area contributed by atoms with Crippen LogP contribution < -0.4 is 5.32 Å². The summed E-state index contributed by atoms with van der Waals surface area (Å²) in [7, 11) is 1.76. The normalized spacial score (nSPS) is 21.6. The Kier molecular flexibility index (Phi) is 7.46. The molecule has 2 aliphatic rings. The Morgan fingerprint density at radius 1 is 1.26 bits per heavy atom. The Morgan fingerprint density at radius 2 is 1.97 bits per heavy atom. The van der Waals surface area contributed by atoms with Gasteiger partial charge in [0, 0.05) is 45.2 Å². The van der Waals surface area contributed by atoms with E-state index in [2.05, 4.69) is 41.4 Å². The molecule has 31 heavy (non-hydrogen) atoms. The first-order valence-electron chi connectivity index (χ1n) is 11.3. The van der Waals surface area contributed by atoms with E-state index in [0.717, 1.165) is 56.4 Å². The van der Waals surface area contributed by atoms with E-state index in [0.29, 0.717) is 18.5 Å². The number of benzene rings is 1. The van der Waals surface area contributed by atoms with Gasteiger partial charge < -0.3 is 24.6 Å². The molecule has 2 aliphatic heterocycles. The first-order valence-corrected chi connectivity index (χ1v) is 11.3. The second kappa shape index (κ2) is 9.90. The first kappa shape index (κ1) is 23.4. The van der Waals surface area contributed by atoms with Crippen LogP contribution in [0.1, 0.15) is 51.7 Å². The third-order valence-electron chi connectivity index (χ3n) is 5.82. The molecule has 3 rings (SSSR count). The maximum atomic E-state index is 12.2. The molecule has 1 N–H and O–H groups in total.